The highest BCUT2D eigenvalue weighted by atomic mass is 16.7. The van der Waals surface area contributed by atoms with Crippen LogP contribution in [-0.2, 0) is 19.0 Å². The number of ether oxygens (including phenoxy) is 3. The second-order valence-corrected chi connectivity index (χ2v) is 7.74. The van der Waals surface area contributed by atoms with Crippen molar-refractivity contribution in [1.82, 2.24) is 0 Å². The Balaban J connectivity index is 1.78. The van der Waals surface area contributed by atoms with Crippen molar-refractivity contribution < 1.29 is 49.6 Å². The van der Waals surface area contributed by atoms with Gasteiger partial charge >= 0.3 is 5.97 Å². The van der Waals surface area contributed by atoms with Gasteiger partial charge in [-0.15, -0.1) is 0 Å². The fraction of sp³-hybridized carbons (Fsp3) is 0.938. The number of fused-ring (bicyclic) bond motifs is 1. The zero-order valence-corrected chi connectivity index (χ0v) is 14.6. The van der Waals surface area contributed by atoms with Gasteiger partial charge in [0.25, 0.3) is 0 Å². The Morgan fingerprint density at radius 3 is 2.38 bits per heavy atom. The van der Waals surface area contributed by atoms with Gasteiger partial charge in [0.15, 0.2) is 11.9 Å². The van der Waals surface area contributed by atoms with Gasteiger partial charge in [0.05, 0.1) is 24.9 Å². The smallest absolute Gasteiger partial charge is 0.338 e. The first-order valence-corrected chi connectivity index (χ1v) is 8.59. The van der Waals surface area contributed by atoms with Gasteiger partial charge in [0.1, 0.15) is 24.4 Å². The van der Waals surface area contributed by atoms with E-state index in [0.717, 1.165) is 0 Å². The van der Waals surface area contributed by atoms with Gasteiger partial charge in [0, 0.05) is 11.8 Å². The van der Waals surface area contributed by atoms with E-state index in [4.69, 9.17) is 14.2 Å². The molecule has 0 aromatic carbocycles. The molecule has 2 heterocycles. The van der Waals surface area contributed by atoms with E-state index in [1.54, 1.807) is 0 Å². The monoisotopic (exact) mass is 378 g/mol. The molecule has 3 aliphatic rings. The van der Waals surface area contributed by atoms with E-state index in [1.807, 2.05) is 0 Å². The van der Waals surface area contributed by atoms with Crippen LogP contribution in [0, 0.1) is 11.8 Å². The lowest BCUT2D eigenvalue weighted by molar-refractivity contribution is -0.321. The molecule has 0 amide bonds. The highest BCUT2D eigenvalue weighted by Gasteiger charge is 2.63. The fourth-order valence-electron chi connectivity index (χ4n) is 4.18. The lowest BCUT2D eigenvalue weighted by Crippen LogP contribution is -2.60. The third-order valence-electron chi connectivity index (χ3n) is 6.03. The first-order valence-electron chi connectivity index (χ1n) is 8.59. The maximum absolute atomic E-state index is 11.8. The molecule has 150 valence electrons. The molecule has 0 aromatic rings. The average Bonchev–Trinajstić information content (AvgIpc) is 2.83. The van der Waals surface area contributed by atoms with E-state index in [-0.39, 0.29) is 13.0 Å². The van der Waals surface area contributed by atoms with Gasteiger partial charge in [-0.2, -0.15) is 0 Å². The summed E-state index contributed by atoms with van der Waals surface area (Å²) >= 11 is 0. The molecular formula is C16H26O10. The molecule has 10 unspecified atom stereocenters. The van der Waals surface area contributed by atoms with Gasteiger partial charge in [-0.3, -0.25) is 0 Å². The summed E-state index contributed by atoms with van der Waals surface area (Å²) in [7, 11) is 0. The van der Waals surface area contributed by atoms with Crippen molar-refractivity contribution in [1.29, 1.82) is 0 Å². The molecule has 3 rings (SSSR count). The van der Waals surface area contributed by atoms with Crippen molar-refractivity contribution in [3.8, 4) is 0 Å². The number of hydrogen-bond acceptors (Lipinski definition) is 10. The third kappa shape index (κ3) is 2.94. The first kappa shape index (κ1) is 19.9. The number of esters is 1. The summed E-state index contributed by atoms with van der Waals surface area (Å²) in [6, 6.07) is 0. The van der Waals surface area contributed by atoms with Gasteiger partial charge in [-0.25, -0.2) is 4.79 Å². The predicted molar refractivity (Wildman–Crippen MR) is 82.4 cm³/mol. The molecule has 2 aliphatic heterocycles. The maximum atomic E-state index is 11.8. The van der Waals surface area contributed by atoms with Gasteiger partial charge in [-0.05, 0) is 20.3 Å². The summed E-state index contributed by atoms with van der Waals surface area (Å²) in [5.74, 6) is -2.00. The Hall–Kier alpha value is -0.850. The van der Waals surface area contributed by atoms with E-state index in [1.165, 1.54) is 13.8 Å². The van der Waals surface area contributed by atoms with Crippen LogP contribution >= 0.6 is 0 Å². The average molecular weight is 378 g/mol. The minimum atomic E-state index is -1.79. The molecule has 1 aliphatic carbocycles. The SMILES string of the molecule is CC1(O)C(=O)OCC2C1CC(OC1OC(CO)C(O)C(O)C1O)C2(C)O. The van der Waals surface area contributed by atoms with E-state index in [2.05, 4.69) is 0 Å². The molecule has 0 spiro atoms. The number of aliphatic hydroxyl groups is 6. The Morgan fingerprint density at radius 2 is 1.77 bits per heavy atom. The quantitative estimate of drug-likeness (QED) is 0.276. The van der Waals surface area contributed by atoms with Crippen LogP contribution in [0.15, 0.2) is 0 Å². The summed E-state index contributed by atoms with van der Waals surface area (Å²) in [5, 5.41) is 60.4. The van der Waals surface area contributed by atoms with Crippen molar-refractivity contribution in [2.45, 2.75) is 68.3 Å². The van der Waals surface area contributed by atoms with Crippen molar-refractivity contribution in [3.05, 3.63) is 0 Å². The Kier molecular flexibility index (Phi) is 5.08. The van der Waals surface area contributed by atoms with Crippen molar-refractivity contribution in [3.63, 3.8) is 0 Å². The Bertz CT molecular complexity index is 547. The van der Waals surface area contributed by atoms with Crippen LogP contribution in [0.5, 0.6) is 0 Å². The number of aliphatic hydroxyl groups excluding tert-OH is 4. The molecule has 2 saturated heterocycles. The van der Waals surface area contributed by atoms with Crippen LogP contribution in [0.1, 0.15) is 20.3 Å². The highest BCUT2D eigenvalue weighted by Crippen LogP contribution is 2.50. The minimum absolute atomic E-state index is 0.0822. The third-order valence-corrected chi connectivity index (χ3v) is 6.03. The van der Waals surface area contributed by atoms with E-state index in [9.17, 15) is 35.4 Å². The number of hydrogen-bond donors (Lipinski definition) is 6. The molecule has 6 N–H and O–H groups in total. The second kappa shape index (κ2) is 6.64. The van der Waals surface area contributed by atoms with Crippen LogP contribution in [0.3, 0.4) is 0 Å². The largest absolute Gasteiger partial charge is 0.463 e. The predicted octanol–water partition coefficient (Wildman–Crippen LogP) is -3.13. The van der Waals surface area contributed by atoms with Crippen LogP contribution in [0.2, 0.25) is 0 Å². The van der Waals surface area contributed by atoms with E-state index < -0.39 is 72.4 Å². The van der Waals surface area contributed by atoms with Gasteiger partial charge < -0.3 is 44.8 Å². The van der Waals surface area contributed by atoms with Crippen molar-refractivity contribution in [2.24, 2.45) is 11.8 Å². The lowest BCUT2D eigenvalue weighted by atomic mass is 9.76. The summed E-state index contributed by atoms with van der Waals surface area (Å²) in [6.07, 6.45) is -8.14. The summed E-state index contributed by atoms with van der Waals surface area (Å²) in [5.41, 5.74) is -3.30. The Morgan fingerprint density at radius 1 is 1.12 bits per heavy atom. The maximum Gasteiger partial charge on any atom is 0.338 e. The number of carbonyl (C=O) groups is 1. The first-order chi connectivity index (χ1) is 12.0. The highest BCUT2D eigenvalue weighted by molar-refractivity contribution is 5.80. The molecule has 0 aromatic heterocycles. The molecule has 10 atom stereocenters. The standard InChI is InChI=1S/C16H26O10/c1-15(22)7-5-24-14(21)16(2,23)6(7)3-9(15)26-13-12(20)11(19)10(18)8(4-17)25-13/h6-13,17-20,22-23H,3-5H2,1-2H3. The number of rotatable bonds is 3. The zero-order valence-electron chi connectivity index (χ0n) is 14.6. The minimum Gasteiger partial charge on any atom is -0.463 e. The van der Waals surface area contributed by atoms with Crippen LogP contribution in [-0.4, -0.2) is 97.8 Å². The van der Waals surface area contributed by atoms with Crippen molar-refractivity contribution in [2.75, 3.05) is 13.2 Å². The number of cyclic esters (lactones) is 1. The van der Waals surface area contributed by atoms with Crippen molar-refractivity contribution >= 4 is 5.97 Å². The molecule has 10 heteroatoms. The second-order valence-electron chi connectivity index (χ2n) is 7.74. The molecule has 1 saturated carbocycles. The molecule has 0 bridgehead atoms. The molecule has 26 heavy (non-hydrogen) atoms. The topological polar surface area (TPSA) is 166 Å². The summed E-state index contributed by atoms with van der Waals surface area (Å²) in [4.78, 5) is 11.8. The summed E-state index contributed by atoms with van der Waals surface area (Å²) in [6.45, 7) is 2.11. The van der Waals surface area contributed by atoms with Crippen LogP contribution in [0.4, 0.5) is 0 Å². The summed E-state index contributed by atoms with van der Waals surface area (Å²) < 4.78 is 16.0. The fourth-order valence-corrected chi connectivity index (χ4v) is 4.18. The van der Waals surface area contributed by atoms with Gasteiger partial charge in [-0.1, -0.05) is 0 Å². The molecular weight excluding hydrogens is 352 g/mol. The van der Waals surface area contributed by atoms with E-state index in [0.29, 0.717) is 0 Å². The molecule has 10 nitrogen and oxygen atoms in total. The zero-order chi connectivity index (χ0) is 19.4. The molecule has 3 fully saturated rings. The van der Waals surface area contributed by atoms with Crippen LogP contribution in [0.25, 0.3) is 0 Å². The number of carbonyl (C=O) groups excluding carboxylic acids is 1. The van der Waals surface area contributed by atoms with E-state index >= 15 is 0 Å². The normalized spacial score (nSPS) is 54.7. The van der Waals surface area contributed by atoms with Crippen LogP contribution < -0.4 is 0 Å². The lowest BCUT2D eigenvalue weighted by Gasteiger charge is -2.42. The molecule has 0 radical (unpaired) electrons. The van der Waals surface area contributed by atoms with Gasteiger partial charge in [0.2, 0.25) is 0 Å². The Labute approximate surface area is 149 Å².